The Morgan fingerprint density at radius 3 is 2.47 bits per heavy atom. The summed E-state index contributed by atoms with van der Waals surface area (Å²) < 4.78 is 25.0. The van der Waals surface area contributed by atoms with Crippen molar-refractivity contribution in [2.24, 2.45) is 4.99 Å². The van der Waals surface area contributed by atoms with Crippen molar-refractivity contribution < 1.29 is 23.7 Å². The van der Waals surface area contributed by atoms with Crippen LogP contribution in [0.3, 0.4) is 0 Å². The van der Waals surface area contributed by atoms with Gasteiger partial charge in [-0.2, -0.15) is 0 Å². The van der Waals surface area contributed by atoms with Crippen molar-refractivity contribution in [1.29, 1.82) is 0 Å². The molecule has 0 N–H and O–H groups in total. The first-order chi connectivity index (χ1) is 20.8. The molecule has 1 aliphatic heterocycles. The van der Waals surface area contributed by atoms with Gasteiger partial charge in [0, 0.05) is 5.56 Å². The van der Waals surface area contributed by atoms with E-state index >= 15 is 0 Å². The Bertz CT molecular complexity index is 1850. The van der Waals surface area contributed by atoms with Gasteiger partial charge in [0.05, 0.1) is 36.1 Å². The number of thiazole rings is 1. The fourth-order valence-electron chi connectivity index (χ4n) is 5.07. The van der Waals surface area contributed by atoms with E-state index in [1.165, 1.54) is 16.9 Å². The normalized spacial score (nSPS) is 14.6. The number of para-hydroxylation sites is 1. The van der Waals surface area contributed by atoms with Gasteiger partial charge in [-0.3, -0.25) is 9.36 Å². The van der Waals surface area contributed by atoms with Crippen LogP contribution in [0.5, 0.6) is 17.2 Å². The number of aromatic nitrogens is 1. The van der Waals surface area contributed by atoms with Crippen LogP contribution in [-0.4, -0.2) is 30.9 Å². The molecule has 0 spiro atoms. The Labute approximate surface area is 254 Å². The number of rotatable bonds is 10. The van der Waals surface area contributed by atoms with Crippen molar-refractivity contribution in [3.8, 4) is 17.2 Å². The first-order valence-electron chi connectivity index (χ1n) is 14.1. The lowest BCUT2D eigenvalue weighted by molar-refractivity contribution is -0.139. The second-order valence-corrected chi connectivity index (χ2v) is 11.0. The molecule has 0 saturated carbocycles. The highest BCUT2D eigenvalue weighted by Crippen LogP contribution is 2.40. The molecule has 0 amide bonds. The third kappa shape index (κ3) is 6.27. The average Bonchev–Trinajstić information content (AvgIpc) is 3.30. The van der Waals surface area contributed by atoms with Crippen molar-refractivity contribution in [2.75, 3.05) is 20.3 Å². The van der Waals surface area contributed by atoms with E-state index in [0.29, 0.717) is 45.3 Å². The van der Waals surface area contributed by atoms with Crippen molar-refractivity contribution >= 4 is 23.4 Å². The number of allylic oxidation sites excluding steroid dienone is 1. The van der Waals surface area contributed by atoms with E-state index in [2.05, 4.69) is 24.0 Å². The molecule has 0 radical (unpaired) electrons. The summed E-state index contributed by atoms with van der Waals surface area (Å²) in [6.07, 6.45) is 1.82. The minimum Gasteiger partial charge on any atom is -0.493 e. The third-order valence-electron chi connectivity index (χ3n) is 7.00. The number of hydrogen-bond donors (Lipinski definition) is 0. The van der Waals surface area contributed by atoms with Gasteiger partial charge in [-0.25, -0.2) is 9.79 Å². The maximum absolute atomic E-state index is 14.0. The number of hydrogen-bond acceptors (Lipinski definition) is 8. The lowest BCUT2D eigenvalue weighted by Crippen LogP contribution is -2.40. The van der Waals surface area contributed by atoms with E-state index in [1.54, 1.807) is 31.6 Å². The fourth-order valence-corrected chi connectivity index (χ4v) is 6.12. The summed E-state index contributed by atoms with van der Waals surface area (Å²) in [5.41, 5.74) is 4.23. The molecular weight excluding hydrogens is 564 g/mol. The lowest BCUT2D eigenvalue weighted by Gasteiger charge is -2.26. The summed E-state index contributed by atoms with van der Waals surface area (Å²) in [6, 6.07) is 20.4. The zero-order valence-electron chi connectivity index (χ0n) is 24.9. The van der Waals surface area contributed by atoms with Gasteiger partial charge in [-0.1, -0.05) is 65.4 Å². The second-order valence-electron chi connectivity index (χ2n) is 9.96. The number of fused-ring (bicyclic) bond motifs is 1. The largest absolute Gasteiger partial charge is 0.493 e. The van der Waals surface area contributed by atoms with Crippen LogP contribution in [0.25, 0.3) is 6.08 Å². The Morgan fingerprint density at radius 2 is 1.77 bits per heavy atom. The standard InChI is InChI=1S/C34H34N2O6S/c1-6-40-31-26(12-9-13-27(31)39-5)30-29(33(38)41-7-2)22(4)35-34-36(30)32(37)28(43-34)19-23-14-16-25(17-15-23)42-20-24-11-8-10-21(3)18-24/h8-19,30H,6-7,20H2,1-5H3/b28-19+/t30-/m1/s1. The average molecular weight is 599 g/mol. The monoisotopic (exact) mass is 598 g/mol. The Balaban J connectivity index is 1.56. The molecule has 0 fully saturated rings. The van der Waals surface area contributed by atoms with Crippen LogP contribution in [-0.2, 0) is 16.1 Å². The van der Waals surface area contributed by atoms with Crippen LogP contribution in [0.2, 0.25) is 0 Å². The molecule has 43 heavy (non-hydrogen) atoms. The van der Waals surface area contributed by atoms with E-state index < -0.39 is 12.0 Å². The highest BCUT2D eigenvalue weighted by atomic mass is 32.1. The summed E-state index contributed by atoms with van der Waals surface area (Å²) in [6.45, 7) is 8.45. The zero-order valence-corrected chi connectivity index (χ0v) is 25.7. The number of ether oxygens (including phenoxy) is 4. The van der Waals surface area contributed by atoms with Crippen LogP contribution in [0, 0.1) is 6.92 Å². The molecule has 4 aromatic rings. The van der Waals surface area contributed by atoms with Crippen LogP contribution < -0.4 is 29.1 Å². The van der Waals surface area contributed by atoms with E-state index in [-0.39, 0.29) is 17.7 Å². The maximum Gasteiger partial charge on any atom is 0.338 e. The summed E-state index contributed by atoms with van der Waals surface area (Å²) in [5.74, 6) is 1.17. The molecule has 222 valence electrons. The van der Waals surface area contributed by atoms with E-state index in [0.717, 1.165) is 16.9 Å². The highest BCUT2D eigenvalue weighted by molar-refractivity contribution is 7.07. The van der Waals surface area contributed by atoms with Crippen LogP contribution >= 0.6 is 11.3 Å². The molecule has 0 saturated heterocycles. The number of methoxy groups -OCH3 is 1. The van der Waals surface area contributed by atoms with E-state index in [9.17, 15) is 9.59 Å². The number of carbonyl (C=O) groups is 1. The molecule has 1 atom stereocenters. The molecule has 5 rings (SSSR count). The van der Waals surface area contributed by atoms with Gasteiger partial charge in [0.2, 0.25) is 0 Å². The van der Waals surface area contributed by atoms with Gasteiger partial charge < -0.3 is 18.9 Å². The van der Waals surface area contributed by atoms with Crippen molar-refractivity contribution in [1.82, 2.24) is 4.57 Å². The van der Waals surface area contributed by atoms with Gasteiger partial charge in [-0.05, 0) is 63.1 Å². The molecule has 1 aliphatic rings. The first-order valence-corrected chi connectivity index (χ1v) is 14.9. The molecule has 1 aromatic heterocycles. The topological polar surface area (TPSA) is 88.4 Å². The van der Waals surface area contributed by atoms with Gasteiger partial charge >= 0.3 is 5.97 Å². The van der Waals surface area contributed by atoms with E-state index in [1.807, 2.05) is 61.5 Å². The smallest absolute Gasteiger partial charge is 0.338 e. The first kappa shape index (κ1) is 29.8. The van der Waals surface area contributed by atoms with Gasteiger partial charge in [0.25, 0.3) is 5.56 Å². The molecule has 2 heterocycles. The maximum atomic E-state index is 14.0. The third-order valence-corrected chi connectivity index (χ3v) is 7.98. The summed E-state index contributed by atoms with van der Waals surface area (Å²) in [4.78, 5) is 32.5. The number of benzene rings is 3. The summed E-state index contributed by atoms with van der Waals surface area (Å²) in [7, 11) is 1.55. The minimum atomic E-state index is -0.813. The number of carbonyl (C=O) groups excluding carboxylic acids is 1. The molecule has 0 unspecified atom stereocenters. The van der Waals surface area contributed by atoms with Gasteiger partial charge in [0.15, 0.2) is 16.3 Å². The molecule has 0 aliphatic carbocycles. The predicted molar refractivity (Wildman–Crippen MR) is 167 cm³/mol. The predicted octanol–water partition coefficient (Wildman–Crippen LogP) is 5.09. The van der Waals surface area contributed by atoms with Gasteiger partial charge in [-0.15, -0.1) is 0 Å². The Morgan fingerprint density at radius 1 is 1.00 bits per heavy atom. The summed E-state index contributed by atoms with van der Waals surface area (Å²) >= 11 is 1.27. The number of nitrogens with zero attached hydrogens (tertiary/aromatic N) is 2. The molecule has 8 nitrogen and oxygen atoms in total. The highest BCUT2D eigenvalue weighted by Gasteiger charge is 2.36. The van der Waals surface area contributed by atoms with Gasteiger partial charge in [0.1, 0.15) is 18.4 Å². The number of esters is 1. The van der Waals surface area contributed by atoms with Crippen LogP contribution in [0.4, 0.5) is 0 Å². The molecule has 3 aromatic carbocycles. The lowest BCUT2D eigenvalue weighted by atomic mass is 9.94. The van der Waals surface area contributed by atoms with Crippen molar-refractivity contribution in [3.05, 3.63) is 120 Å². The molecule has 0 bridgehead atoms. The molecular formula is C34H34N2O6S. The quantitative estimate of drug-likeness (QED) is 0.236. The SMILES string of the molecule is CCOC(=O)C1=C(C)N=c2s/c(=C/c3ccc(OCc4cccc(C)c4)cc3)c(=O)n2[C@@H]1c1cccc(OC)c1OCC. The van der Waals surface area contributed by atoms with Crippen LogP contribution in [0.15, 0.2) is 87.8 Å². The fraction of sp³-hybridized carbons (Fsp3) is 0.265. The second kappa shape index (κ2) is 13.1. The van der Waals surface area contributed by atoms with Crippen LogP contribution in [0.1, 0.15) is 49.1 Å². The van der Waals surface area contributed by atoms with Crippen molar-refractivity contribution in [2.45, 2.75) is 40.3 Å². The zero-order chi connectivity index (χ0) is 30.5. The Hall–Kier alpha value is -4.63. The van der Waals surface area contributed by atoms with Crippen molar-refractivity contribution in [3.63, 3.8) is 0 Å². The minimum absolute atomic E-state index is 0.188. The summed E-state index contributed by atoms with van der Waals surface area (Å²) in [5, 5.41) is 0. The van der Waals surface area contributed by atoms with E-state index in [4.69, 9.17) is 18.9 Å². The molecule has 9 heteroatoms. The number of aryl methyl sites for hydroxylation is 1. The Kier molecular flexibility index (Phi) is 9.11.